The average molecular weight is 328 g/mol. The molecule has 1 atom stereocenters. The largest absolute Gasteiger partial charge is 0.358 e. The van der Waals surface area contributed by atoms with Gasteiger partial charge in [0, 0.05) is 31.5 Å². The van der Waals surface area contributed by atoms with Gasteiger partial charge in [-0.3, -0.25) is 0 Å². The maximum atomic E-state index is 13.3. The average Bonchev–Trinajstić information content (AvgIpc) is 2.45. The van der Waals surface area contributed by atoms with E-state index in [1.54, 1.807) is 12.1 Å². The second kappa shape index (κ2) is 5.30. The summed E-state index contributed by atoms with van der Waals surface area (Å²) in [5, 5.41) is 0. The summed E-state index contributed by atoms with van der Waals surface area (Å²) < 4.78 is 54.0. The molecule has 7 heteroatoms. The normalized spacial score (nSPS) is 24.6. The first-order valence-electron chi connectivity index (χ1n) is 7.32. The number of benzene rings is 1. The summed E-state index contributed by atoms with van der Waals surface area (Å²) in [5.74, 6) is -2.40. The lowest BCUT2D eigenvalue weighted by Crippen LogP contribution is -2.46. The summed E-state index contributed by atoms with van der Waals surface area (Å²) in [6.07, 6.45) is 1.72. The molecule has 1 fully saturated rings. The minimum absolute atomic E-state index is 0.0397. The van der Waals surface area contributed by atoms with Crippen molar-refractivity contribution in [3.8, 4) is 0 Å². The maximum Gasteiger partial charge on any atom is 0.270 e. The fourth-order valence-corrected chi connectivity index (χ4v) is 4.11. The van der Waals surface area contributed by atoms with Crippen molar-refractivity contribution in [1.29, 1.82) is 0 Å². The lowest BCUT2D eigenvalue weighted by atomic mass is 9.88. The van der Waals surface area contributed by atoms with Crippen molar-refractivity contribution < 1.29 is 17.2 Å². The van der Waals surface area contributed by atoms with Crippen molar-refractivity contribution in [2.45, 2.75) is 31.6 Å². The number of nitrogens with zero attached hydrogens (tertiary/aromatic N) is 2. The predicted octanol–water partition coefficient (Wildman–Crippen LogP) is 2.72. The fourth-order valence-electron chi connectivity index (χ4n) is 3.04. The third-order valence-electron chi connectivity index (χ3n) is 4.23. The summed E-state index contributed by atoms with van der Waals surface area (Å²) in [7, 11) is -3.40. The van der Waals surface area contributed by atoms with Gasteiger partial charge in [0.1, 0.15) is 5.84 Å². The first-order chi connectivity index (χ1) is 10.3. The van der Waals surface area contributed by atoms with Crippen LogP contribution < -0.4 is 0 Å². The number of sulfonamides is 1. The zero-order valence-electron chi connectivity index (χ0n) is 12.3. The number of fused-ring (bicyclic) bond motifs is 1. The van der Waals surface area contributed by atoms with E-state index in [1.807, 2.05) is 4.90 Å². The first-order valence-corrected chi connectivity index (χ1v) is 8.93. The molecular formula is C15H18F2N2O2S. The number of alkyl halides is 2. The summed E-state index contributed by atoms with van der Waals surface area (Å²) in [6, 6.07) is 6.13. The van der Waals surface area contributed by atoms with E-state index in [9.17, 15) is 17.2 Å². The highest BCUT2D eigenvalue weighted by Crippen LogP contribution is 2.33. The van der Waals surface area contributed by atoms with Gasteiger partial charge in [-0.05, 0) is 18.4 Å². The van der Waals surface area contributed by atoms with Crippen molar-refractivity contribution in [3.63, 3.8) is 0 Å². The molecule has 0 aliphatic carbocycles. The fraction of sp³-hybridized carbons (Fsp3) is 0.533. The molecule has 120 valence electrons. The van der Waals surface area contributed by atoms with E-state index in [-0.39, 0.29) is 17.2 Å². The Morgan fingerprint density at radius 3 is 2.55 bits per heavy atom. The van der Waals surface area contributed by atoms with E-state index in [0.29, 0.717) is 12.4 Å². The van der Waals surface area contributed by atoms with Crippen LogP contribution in [0.25, 0.3) is 0 Å². The molecule has 0 spiro atoms. The maximum absolute atomic E-state index is 13.3. The van der Waals surface area contributed by atoms with Gasteiger partial charge in [0.2, 0.25) is 0 Å². The van der Waals surface area contributed by atoms with E-state index < -0.39 is 15.9 Å². The molecule has 0 bridgehead atoms. The van der Waals surface area contributed by atoms with Gasteiger partial charge in [0.25, 0.3) is 15.9 Å². The van der Waals surface area contributed by atoms with Crippen molar-refractivity contribution in [2.75, 3.05) is 18.8 Å². The van der Waals surface area contributed by atoms with E-state index in [4.69, 9.17) is 0 Å². The topological polar surface area (TPSA) is 49.7 Å². The molecule has 1 unspecified atom stereocenters. The smallest absolute Gasteiger partial charge is 0.270 e. The molecule has 0 radical (unpaired) electrons. The van der Waals surface area contributed by atoms with Gasteiger partial charge >= 0.3 is 0 Å². The summed E-state index contributed by atoms with van der Waals surface area (Å²) in [5.41, 5.74) is 0.802. The van der Waals surface area contributed by atoms with Gasteiger partial charge in [-0.25, -0.2) is 17.2 Å². The minimum Gasteiger partial charge on any atom is -0.358 e. The second-order valence-electron chi connectivity index (χ2n) is 5.93. The molecule has 0 saturated carbocycles. The second-order valence-corrected chi connectivity index (χ2v) is 7.68. The van der Waals surface area contributed by atoms with Crippen LogP contribution in [0, 0.1) is 0 Å². The number of hydrogen-bond acceptors (Lipinski definition) is 3. The van der Waals surface area contributed by atoms with Gasteiger partial charge in [-0.15, -0.1) is 4.40 Å². The summed E-state index contributed by atoms with van der Waals surface area (Å²) in [4.78, 5) is 2.00. The van der Waals surface area contributed by atoms with Gasteiger partial charge < -0.3 is 4.90 Å². The Morgan fingerprint density at radius 2 is 1.91 bits per heavy atom. The zero-order chi connectivity index (χ0) is 16.0. The summed E-state index contributed by atoms with van der Waals surface area (Å²) >= 11 is 0. The Kier molecular flexibility index (Phi) is 3.71. The van der Waals surface area contributed by atoms with Gasteiger partial charge in [0.15, 0.2) is 0 Å². The minimum atomic E-state index is -3.40. The molecule has 0 aromatic heterocycles. The van der Waals surface area contributed by atoms with E-state index in [1.165, 1.54) is 12.1 Å². The Morgan fingerprint density at radius 1 is 1.23 bits per heavy atom. The van der Waals surface area contributed by atoms with Gasteiger partial charge in [-0.1, -0.05) is 24.3 Å². The van der Waals surface area contributed by atoms with Crippen LogP contribution in [0.2, 0.25) is 0 Å². The molecule has 0 amide bonds. The highest BCUT2D eigenvalue weighted by atomic mass is 32.2. The number of hydrogen-bond donors (Lipinski definition) is 0. The Hall–Kier alpha value is -1.50. The number of halogens is 2. The molecule has 3 rings (SSSR count). The van der Waals surface area contributed by atoms with Gasteiger partial charge in [-0.2, -0.15) is 0 Å². The van der Waals surface area contributed by atoms with Crippen LogP contribution in [0.5, 0.6) is 0 Å². The molecule has 1 aromatic carbocycles. The standard InChI is InChI=1S/C15H18F2N2O2S/c1-15(16,17)12-6-4-11(5-7-12)13-3-2-8-19-9-10-22(20,21)18-14(13)19/h4-7,13H,2-3,8-10H2,1H3. The highest BCUT2D eigenvalue weighted by molar-refractivity contribution is 7.90. The Balaban J connectivity index is 1.95. The van der Waals surface area contributed by atoms with E-state index in [2.05, 4.69) is 4.40 Å². The molecule has 4 nitrogen and oxygen atoms in total. The van der Waals surface area contributed by atoms with Crippen molar-refractivity contribution in [1.82, 2.24) is 4.90 Å². The predicted molar refractivity (Wildman–Crippen MR) is 80.8 cm³/mol. The van der Waals surface area contributed by atoms with Crippen molar-refractivity contribution in [3.05, 3.63) is 35.4 Å². The van der Waals surface area contributed by atoms with Crippen LogP contribution in [0.3, 0.4) is 0 Å². The Bertz CT molecular complexity index is 693. The van der Waals surface area contributed by atoms with Crippen LogP contribution in [-0.2, 0) is 15.9 Å². The van der Waals surface area contributed by atoms with E-state index >= 15 is 0 Å². The first kappa shape index (κ1) is 15.4. The third-order valence-corrected chi connectivity index (χ3v) is 5.39. The third kappa shape index (κ3) is 2.99. The molecule has 2 aliphatic rings. The van der Waals surface area contributed by atoms with Crippen molar-refractivity contribution >= 4 is 15.9 Å². The van der Waals surface area contributed by atoms with E-state index in [0.717, 1.165) is 31.9 Å². The molecule has 0 N–H and O–H groups in total. The SMILES string of the molecule is CC(F)(F)c1ccc(C2CCCN3CCS(=O)(=O)N=C23)cc1. The molecule has 1 saturated heterocycles. The highest BCUT2D eigenvalue weighted by Gasteiger charge is 2.34. The molecule has 22 heavy (non-hydrogen) atoms. The van der Waals surface area contributed by atoms with Crippen LogP contribution in [0.4, 0.5) is 8.78 Å². The number of piperidine rings is 1. The van der Waals surface area contributed by atoms with Gasteiger partial charge in [0.05, 0.1) is 5.75 Å². The molecule has 2 aliphatic heterocycles. The Labute approximate surface area is 128 Å². The zero-order valence-corrected chi connectivity index (χ0v) is 13.1. The quantitative estimate of drug-likeness (QED) is 0.839. The van der Waals surface area contributed by atoms with Crippen LogP contribution in [0.15, 0.2) is 28.7 Å². The van der Waals surface area contributed by atoms with Crippen molar-refractivity contribution in [2.24, 2.45) is 4.40 Å². The molecule has 1 aromatic rings. The van der Waals surface area contributed by atoms with Crippen LogP contribution in [-0.4, -0.2) is 38.0 Å². The molecule has 2 heterocycles. The monoisotopic (exact) mass is 328 g/mol. The summed E-state index contributed by atoms with van der Waals surface area (Å²) in [6.45, 7) is 2.13. The van der Waals surface area contributed by atoms with Crippen LogP contribution in [0.1, 0.15) is 36.8 Å². The number of amidine groups is 1. The lowest BCUT2D eigenvalue weighted by molar-refractivity contribution is 0.0174. The molecular weight excluding hydrogens is 310 g/mol. The van der Waals surface area contributed by atoms with Crippen LogP contribution >= 0.6 is 0 Å². The lowest BCUT2D eigenvalue weighted by Gasteiger charge is -2.37. The number of rotatable bonds is 2.